The van der Waals surface area contributed by atoms with Gasteiger partial charge in [-0.25, -0.2) is 0 Å². The Morgan fingerprint density at radius 3 is 2.21 bits per heavy atom. The number of amides is 1. The van der Waals surface area contributed by atoms with Gasteiger partial charge in [0.2, 0.25) is 5.91 Å². The number of hydrogen-bond acceptors (Lipinski definition) is 3. The highest BCUT2D eigenvalue weighted by Crippen LogP contribution is 2.44. The average molecular weight is 328 g/mol. The predicted molar refractivity (Wildman–Crippen MR) is 94.9 cm³/mol. The quantitative estimate of drug-likeness (QED) is 0.908. The minimum absolute atomic E-state index is 0.110. The van der Waals surface area contributed by atoms with E-state index in [0.29, 0.717) is 11.9 Å². The third-order valence-corrected chi connectivity index (χ3v) is 6.49. The molecule has 1 spiro atoms. The molecule has 0 atom stereocenters. The standard InChI is InChI=1S/C20H28N2O2/c23-18-8-6-17(7-9-18)22-15-12-20(19(22)24)10-13-21(14-11-20)16-4-2-1-3-5-16/h1-5,17-18,23H,6-15H2. The van der Waals surface area contributed by atoms with Crippen LogP contribution in [0.1, 0.15) is 44.9 Å². The number of aliphatic hydroxyl groups excluding tert-OH is 1. The molecule has 1 N–H and O–H groups in total. The SMILES string of the molecule is O=C1N(C2CCC(O)CC2)CCC12CCN(c1ccccc1)CC2. The molecular formula is C20H28N2O2. The van der Waals surface area contributed by atoms with E-state index in [1.54, 1.807) is 0 Å². The first-order valence-electron chi connectivity index (χ1n) is 9.47. The van der Waals surface area contributed by atoms with Crippen LogP contribution in [0.15, 0.2) is 30.3 Å². The van der Waals surface area contributed by atoms with Crippen molar-refractivity contribution in [3.63, 3.8) is 0 Å². The molecule has 0 aromatic heterocycles. The number of benzene rings is 1. The number of para-hydroxylation sites is 1. The highest BCUT2D eigenvalue weighted by molar-refractivity contribution is 5.85. The lowest BCUT2D eigenvalue weighted by molar-refractivity contribution is -0.139. The lowest BCUT2D eigenvalue weighted by Crippen LogP contribution is -2.47. The summed E-state index contributed by atoms with van der Waals surface area (Å²) in [5, 5.41) is 9.71. The van der Waals surface area contributed by atoms with Crippen molar-refractivity contribution in [2.45, 2.75) is 57.1 Å². The molecule has 2 saturated heterocycles. The second-order valence-electron chi connectivity index (χ2n) is 7.81. The zero-order valence-electron chi connectivity index (χ0n) is 14.4. The normalized spacial score (nSPS) is 30.1. The fourth-order valence-electron chi connectivity index (χ4n) is 4.86. The van der Waals surface area contributed by atoms with Crippen LogP contribution in [0.25, 0.3) is 0 Å². The summed E-state index contributed by atoms with van der Waals surface area (Å²) in [6.07, 6.45) is 6.47. The summed E-state index contributed by atoms with van der Waals surface area (Å²) in [5.41, 5.74) is 1.16. The Labute approximate surface area is 144 Å². The molecule has 4 nitrogen and oxygen atoms in total. The Morgan fingerprint density at radius 1 is 0.917 bits per heavy atom. The summed E-state index contributed by atoms with van der Waals surface area (Å²) in [4.78, 5) is 17.7. The van der Waals surface area contributed by atoms with Gasteiger partial charge in [-0.15, -0.1) is 0 Å². The van der Waals surface area contributed by atoms with E-state index in [-0.39, 0.29) is 11.5 Å². The zero-order chi connectivity index (χ0) is 16.6. The number of rotatable bonds is 2. The van der Waals surface area contributed by atoms with E-state index in [9.17, 15) is 9.90 Å². The maximum atomic E-state index is 13.2. The van der Waals surface area contributed by atoms with E-state index >= 15 is 0 Å². The number of nitrogens with zero attached hydrogens (tertiary/aromatic N) is 2. The molecule has 0 radical (unpaired) electrons. The van der Waals surface area contributed by atoms with Gasteiger partial charge in [-0.3, -0.25) is 4.79 Å². The third-order valence-electron chi connectivity index (χ3n) is 6.49. The summed E-state index contributed by atoms with van der Waals surface area (Å²) < 4.78 is 0. The van der Waals surface area contributed by atoms with Crippen LogP contribution in [0.5, 0.6) is 0 Å². The van der Waals surface area contributed by atoms with E-state index in [1.807, 2.05) is 0 Å². The first-order chi connectivity index (χ1) is 11.7. The van der Waals surface area contributed by atoms with Crippen molar-refractivity contribution in [1.29, 1.82) is 0 Å². The van der Waals surface area contributed by atoms with Gasteiger partial charge in [-0.1, -0.05) is 18.2 Å². The Morgan fingerprint density at radius 2 is 1.54 bits per heavy atom. The molecule has 24 heavy (non-hydrogen) atoms. The third kappa shape index (κ3) is 2.81. The van der Waals surface area contributed by atoms with Gasteiger partial charge < -0.3 is 14.9 Å². The fourth-order valence-corrected chi connectivity index (χ4v) is 4.86. The van der Waals surface area contributed by atoms with Gasteiger partial charge in [0.1, 0.15) is 0 Å². The summed E-state index contributed by atoms with van der Waals surface area (Å²) in [5.74, 6) is 0.400. The molecule has 2 aliphatic heterocycles. The zero-order valence-corrected chi connectivity index (χ0v) is 14.4. The Kier molecular flexibility index (Phi) is 4.25. The van der Waals surface area contributed by atoms with Gasteiger partial charge in [-0.2, -0.15) is 0 Å². The lowest BCUT2D eigenvalue weighted by Gasteiger charge is -2.40. The smallest absolute Gasteiger partial charge is 0.229 e. The van der Waals surface area contributed by atoms with Gasteiger partial charge in [0.25, 0.3) is 0 Å². The molecule has 1 amide bonds. The number of anilines is 1. The molecule has 1 aliphatic carbocycles. The molecule has 1 aromatic rings. The van der Waals surface area contributed by atoms with Crippen molar-refractivity contribution < 1.29 is 9.90 Å². The number of aliphatic hydroxyl groups is 1. The maximum absolute atomic E-state index is 13.2. The van der Waals surface area contributed by atoms with Crippen LogP contribution < -0.4 is 4.90 Å². The van der Waals surface area contributed by atoms with Crippen molar-refractivity contribution in [1.82, 2.24) is 4.90 Å². The van der Waals surface area contributed by atoms with Crippen LogP contribution in [-0.4, -0.2) is 47.7 Å². The van der Waals surface area contributed by atoms with Gasteiger partial charge in [0, 0.05) is 31.4 Å². The van der Waals surface area contributed by atoms with E-state index in [4.69, 9.17) is 0 Å². The largest absolute Gasteiger partial charge is 0.393 e. The second-order valence-corrected chi connectivity index (χ2v) is 7.81. The molecule has 4 rings (SSSR count). The summed E-state index contributed by atoms with van der Waals surface area (Å²) in [7, 11) is 0. The Balaban J connectivity index is 1.40. The summed E-state index contributed by atoms with van der Waals surface area (Å²) in [6.45, 7) is 2.88. The van der Waals surface area contributed by atoms with Crippen LogP contribution in [0.2, 0.25) is 0 Å². The van der Waals surface area contributed by atoms with Crippen molar-refractivity contribution in [3.05, 3.63) is 30.3 Å². The van der Waals surface area contributed by atoms with Gasteiger partial charge in [0.05, 0.1) is 11.5 Å². The molecule has 1 saturated carbocycles. The average Bonchev–Trinajstić information content (AvgIpc) is 2.94. The molecule has 3 fully saturated rings. The van der Waals surface area contributed by atoms with Crippen LogP contribution in [0.3, 0.4) is 0 Å². The van der Waals surface area contributed by atoms with E-state index in [1.165, 1.54) is 5.69 Å². The molecule has 0 bridgehead atoms. The molecular weight excluding hydrogens is 300 g/mol. The van der Waals surface area contributed by atoms with E-state index in [0.717, 1.165) is 64.6 Å². The topological polar surface area (TPSA) is 43.8 Å². The van der Waals surface area contributed by atoms with Crippen LogP contribution >= 0.6 is 0 Å². The van der Waals surface area contributed by atoms with Gasteiger partial charge >= 0.3 is 0 Å². The molecule has 2 heterocycles. The molecule has 0 unspecified atom stereocenters. The summed E-state index contributed by atoms with van der Waals surface area (Å²) in [6, 6.07) is 10.9. The van der Waals surface area contributed by atoms with E-state index in [2.05, 4.69) is 40.1 Å². The highest BCUT2D eigenvalue weighted by Gasteiger charge is 2.49. The number of piperidine rings is 1. The van der Waals surface area contributed by atoms with E-state index < -0.39 is 0 Å². The van der Waals surface area contributed by atoms with Gasteiger partial charge in [0.15, 0.2) is 0 Å². The van der Waals surface area contributed by atoms with Crippen LogP contribution in [0, 0.1) is 5.41 Å². The second kappa shape index (κ2) is 6.40. The molecule has 3 aliphatic rings. The first-order valence-corrected chi connectivity index (χ1v) is 9.47. The van der Waals surface area contributed by atoms with Crippen LogP contribution in [0.4, 0.5) is 5.69 Å². The maximum Gasteiger partial charge on any atom is 0.229 e. The number of carbonyl (C=O) groups excluding carboxylic acids is 1. The first kappa shape index (κ1) is 15.9. The minimum Gasteiger partial charge on any atom is -0.393 e. The lowest BCUT2D eigenvalue weighted by atomic mass is 9.77. The molecule has 130 valence electrons. The number of carbonyl (C=O) groups is 1. The fraction of sp³-hybridized carbons (Fsp3) is 0.650. The number of hydrogen-bond donors (Lipinski definition) is 1. The number of likely N-dealkylation sites (tertiary alicyclic amines) is 1. The van der Waals surface area contributed by atoms with Gasteiger partial charge in [-0.05, 0) is 57.1 Å². The van der Waals surface area contributed by atoms with Crippen molar-refractivity contribution in [3.8, 4) is 0 Å². The minimum atomic E-state index is -0.151. The van der Waals surface area contributed by atoms with Crippen molar-refractivity contribution >= 4 is 11.6 Å². The van der Waals surface area contributed by atoms with Crippen molar-refractivity contribution in [2.75, 3.05) is 24.5 Å². The highest BCUT2D eigenvalue weighted by atomic mass is 16.3. The Hall–Kier alpha value is -1.55. The molecule has 4 heteroatoms. The Bertz CT molecular complexity index is 573. The monoisotopic (exact) mass is 328 g/mol. The molecule has 1 aromatic carbocycles. The van der Waals surface area contributed by atoms with Crippen molar-refractivity contribution in [2.24, 2.45) is 5.41 Å². The predicted octanol–water partition coefficient (Wildman–Crippen LogP) is 2.81. The summed E-state index contributed by atoms with van der Waals surface area (Å²) >= 11 is 0. The van der Waals surface area contributed by atoms with Crippen LogP contribution in [-0.2, 0) is 4.79 Å².